The van der Waals surface area contributed by atoms with Gasteiger partial charge in [0.05, 0.1) is 11.6 Å². The monoisotopic (exact) mass is 232 g/mol. The van der Waals surface area contributed by atoms with E-state index < -0.39 is 0 Å². The lowest BCUT2D eigenvalue weighted by atomic mass is 10.2. The highest BCUT2D eigenvalue weighted by Crippen LogP contribution is 2.08. The maximum absolute atomic E-state index is 11.8. The Morgan fingerprint density at radius 2 is 2.41 bits per heavy atom. The van der Waals surface area contributed by atoms with Crippen molar-refractivity contribution in [3.05, 3.63) is 23.9 Å². The van der Waals surface area contributed by atoms with Crippen molar-refractivity contribution in [3.8, 4) is 6.07 Å². The van der Waals surface area contributed by atoms with Crippen molar-refractivity contribution in [3.63, 3.8) is 0 Å². The molecule has 1 rings (SSSR count). The van der Waals surface area contributed by atoms with Crippen LogP contribution in [0.3, 0.4) is 0 Å². The van der Waals surface area contributed by atoms with Gasteiger partial charge in [0.2, 0.25) is 5.91 Å². The number of carbonyl (C=O) groups excluding carboxylic acids is 1. The van der Waals surface area contributed by atoms with E-state index in [-0.39, 0.29) is 11.9 Å². The summed E-state index contributed by atoms with van der Waals surface area (Å²) >= 11 is 0. The Morgan fingerprint density at radius 3 is 3.00 bits per heavy atom. The number of amides is 1. The molecule has 0 spiro atoms. The van der Waals surface area contributed by atoms with E-state index in [2.05, 4.69) is 10.3 Å². The topological polar surface area (TPSA) is 69.0 Å². The van der Waals surface area contributed by atoms with Crippen molar-refractivity contribution in [1.82, 2.24) is 9.88 Å². The summed E-state index contributed by atoms with van der Waals surface area (Å²) in [6, 6.07) is 4.91. The van der Waals surface area contributed by atoms with Crippen LogP contribution >= 0.6 is 0 Å². The van der Waals surface area contributed by atoms with Crippen LogP contribution < -0.4 is 5.32 Å². The number of likely N-dealkylation sites (N-methyl/N-ethyl adjacent to an activating group) is 1. The molecule has 0 aliphatic heterocycles. The fourth-order valence-corrected chi connectivity index (χ4v) is 1.35. The van der Waals surface area contributed by atoms with Gasteiger partial charge in [0.1, 0.15) is 11.9 Å². The third-order valence-electron chi connectivity index (χ3n) is 2.47. The maximum Gasteiger partial charge on any atom is 0.244 e. The zero-order chi connectivity index (χ0) is 12.8. The Labute approximate surface area is 101 Å². The van der Waals surface area contributed by atoms with Crippen LogP contribution in [-0.4, -0.2) is 35.4 Å². The highest BCUT2D eigenvalue weighted by Gasteiger charge is 2.16. The van der Waals surface area contributed by atoms with E-state index >= 15 is 0 Å². The molecule has 1 atom stereocenters. The fraction of sp³-hybridized carbons (Fsp3) is 0.417. The van der Waals surface area contributed by atoms with Gasteiger partial charge in [-0.2, -0.15) is 5.26 Å². The van der Waals surface area contributed by atoms with Crippen LogP contribution in [0.15, 0.2) is 18.3 Å². The maximum atomic E-state index is 11.8. The normalized spacial score (nSPS) is 11.4. The standard InChI is InChI=1S/C12H16N4O/c1-4-16(3)12(17)9(2)15-11-7-10(8-13)5-6-14-11/h5-7,9H,4H2,1-3H3,(H,14,15). The predicted octanol–water partition coefficient (Wildman–Crippen LogP) is 1.23. The second-order valence-corrected chi connectivity index (χ2v) is 3.76. The van der Waals surface area contributed by atoms with Gasteiger partial charge in [-0.1, -0.05) is 0 Å². The van der Waals surface area contributed by atoms with Gasteiger partial charge in [-0.15, -0.1) is 0 Å². The van der Waals surface area contributed by atoms with Gasteiger partial charge in [-0.3, -0.25) is 4.79 Å². The molecule has 0 aliphatic carbocycles. The van der Waals surface area contributed by atoms with Gasteiger partial charge in [0, 0.05) is 19.8 Å². The van der Waals surface area contributed by atoms with Crippen LogP contribution in [0.25, 0.3) is 0 Å². The van der Waals surface area contributed by atoms with Crippen molar-refractivity contribution in [1.29, 1.82) is 5.26 Å². The molecule has 1 unspecified atom stereocenters. The van der Waals surface area contributed by atoms with Gasteiger partial charge >= 0.3 is 0 Å². The van der Waals surface area contributed by atoms with Gasteiger partial charge in [-0.25, -0.2) is 4.98 Å². The van der Waals surface area contributed by atoms with Gasteiger partial charge < -0.3 is 10.2 Å². The number of nitriles is 1. The van der Waals surface area contributed by atoms with Gasteiger partial charge in [0.25, 0.3) is 0 Å². The minimum atomic E-state index is -0.360. The molecule has 0 saturated carbocycles. The second kappa shape index (κ2) is 5.85. The molecule has 0 saturated heterocycles. The number of pyridine rings is 1. The largest absolute Gasteiger partial charge is 0.359 e. The third kappa shape index (κ3) is 3.45. The molecule has 0 aliphatic rings. The number of hydrogen-bond acceptors (Lipinski definition) is 4. The lowest BCUT2D eigenvalue weighted by Gasteiger charge is -2.20. The van der Waals surface area contributed by atoms with E-state index in [1.165, 1.54) is 0 Å². The molecular formula is C12H16N4O. The van der Waals surface area contributed by atoms with Crippen molar-refractivity contribution >= 4 is 11.7 Å². The van der Waals surface area contributed by atoms with Crippen LogP contribution in [-0.2, 0) is 4.79 Å². The Morgan fingerprint density at radius 1 is 1.71 bits per heavy atom. The molecule has 0 aromatic carbocycles. The van der Waals surface area contributed by atoms with Crippen molar-refractivity contribution in [2.45, 2.75) is 19.9 Å². The highest BCUT2D eigenvalue weighted by atomic mass is 16.2. The Balaban J connectivity index is 2.71. The molecule has 1 amide bonds. The van der Waals surface area contributed by atoms with Crippen molar-refractivity contribution in [2.24, 2.45) is 0 Å². The lowest BCUT2D eigenvalue weighted by molar-refractivity contribution is -0.130. The molecule has 0 radical (unpaired) electrons. The summed E-state index contributed by atoms with van der Waals surface area (Å²) < 4.78 is 0. The second-order valence-electron chi connectivity index (χ2n) is 3.76. The number of nitrogens with one attached hydrogen (secondary N) is 1. The Hall–Kier alpha value is -2.09. The van der Waals surface area contributed by atoms with Crippen LogP contribution in [0.5, 0.6) is 0 Å². The SMILES string of the molecule is CCN(C)C(=O)C(C)Nc1cc(C#N)ccn1. The number of aromatic nitrogens is 1. The van der Waals surface area contributed by atoms with Crippen molar-refractivity contribution < 1.29 is 4.79 Å². The summed E-state index contributed by atoms with van der Waals surface area (Å²) in [6.45, 7) is 4.35. The first kappa shape index (κ1) is 13.0. The first-order valence-electron chi connectivity index (χ1n) is 5.46. The van der Waals surface area contributed by atoms with E-state index in [1.54, 1.807) is 37.2 Å². The fourth-order valence-electron chi connectivity index (χ4n) is 1.35. The summed E-state index contributed by atoms with van der Waals surface area (Å²) in [6.07, 6.45) is 1.54. The first-order valence-corrected chi connectivity index (χ1v) is 5.46. The molecule has 0 fully saturated rings. The third-order valence-corrected chi connectivity index (χ3v) is 2.47. The van der Waals surface area contributed by atoms with Crippen LogP contribution in [0.4, 0.5) is 5.82 Å². The molecule has 1 heterocycles. The molecule has 5 nitrogen and oxygen atoms in total. The smallest absolute Gasteiger partial charge is 0.244 e. The van der Waals surface area contributed by atoms with Crippen LogP contribution in [0, 0.1) is 11.3 Å². The van der Waals surface area contributed by atoms with E-state index in [0.29, 0.717) is 17.9 Å². The molecule has 0 bridgehead atoms. The number of nitrogens with zero attached hydrogens (tertiary/aromatic N) is 3. The van der Waals surface area contributed by atoms with Crippen molar-refractivity contribution in [2.75, 3.05) is 18.9 Å². The van der Waals surface area contributed by atoms with E-state index in [1.807, 2.05) is 13.0 Å². The minimum absolute atomic E-state index is 0.00309. The zero-order valence-corrected chi connectivity index (χ0v) is 10.3. The number of anilines is 1. The summed E-state index contributed by atoms with van der Waals surface area (Å²) in [5, 5.41) is 11.7. The van der Waals surface area contributed by atoms with Gasteiger partial charge in [-0.05, 0) is 26.0 Å². The highest BCUT2D eigenvalue weighted by molar-refractivity contribution is 5.83. The molecule has 1 aromatic rings. The quantitative estimate of drug-likeness (QED) is 0.847. The average molecular weight is 232 g/mol. The summed E-state index contributed by atoms with van der Waals surface area (Å²) in [5.41, 5.74) is 0.519. The molecule has 1 aromatic heterocycles. The summed E-state index contributed by atoms with van der Waals surface area (Å²) in [4.78, 5) is 17.5. The van der Waals surface area contributed by atoms with Crippen LogP contribution in [0.2, 0.25) is 0 Å². The Bertz CT molecular complexity index is 438. The van der Waals surface area contributed by atoms with E-state index in [4.69, 9.17) is 5.26 Å². The Kier molecular flexibility index (Phi) is 4.46. The molecule has 1 N–H and O–H groups in total. The zero-order valence-electron chi connectivity index (χ0n) is 10.3. The lowest BCUT2D eigenvalue weighted by Crippen LogP contribution is -2.39. The average Bonchev–Trinajstić information content (AvgIpc) is 2.37. The van der Waals surface area contributed by atoms with Crippen LogP contribution in [0.1, 0.15) is 19.4 Å². The number of carbonyl (C=O) groups is 1. The molecular weight excluding hydrogens is 216 g/mol. The predicted molar refractivity (Wildman–Crippen MR) is 65.3 cm³/mol. The molecule has 17 heavy (non-hydrogen) atoms. The van der Waals surface area contributed by atoms with Gasteiger partial charge in [0.15, 0.2) is 0 Å². The van der Waals surface area contributed by atoms with E-state index in [9.17, 15) is 4.79 Å². The first-order chi connectivity index (χ1) is 8.08. The molecule has 5 heteroatoms. The molecule has 90 valence electrons. The number of rotatable bonds is 4. The summed E-state index contributed by atoms with van der Waals surface area (Å²) in [7, 11) is 1.75. The van der Waals surface area contributed by atoms with E-state index in [0.717, 1.165) is 0 Å². The minimum Gasteiger partial charge on any atom is -0.359 e. The summed E-state index contributed by atoms with van der Waals surface area (Å²) in [5.74, 6) is 0.533. The number of hydrogen-bond donors (Lipinski definition) is 1.